The van der Waals surface area contributed by atoms with Crippen LogP contribution in [0.5, 0.6) is 0 Å². The molecule has 0 spiro atoms. The molecular formula is C12H14N4OS. The summed E-state index contributed by atoms with van der Waals surface area (Å²) in [6.07, 6.45) is 4.16. The monoisotopic (exact) mass is 262 g/mol. The van der Waals surface area contributed by atoms with Crippen LogP contribution in [0.3, 0.4) is 0 Å². The zero-order chi connectivity index (χ0) is 12.5. The summed E-state index contributed by atoms with van der Waals surface area (Å²) < 4.78 is 0. The molecule has 2 heterocycles. The van der Waals surface area contributed by atoms with E-state index >= 15 is 0 Å². The molecule has 2 aromatic heterocycles. The van der Waals surface area contributed by atoms with E-state index in [1.54, 1.807) is 6.20 Å². The lowest BCUT2D eigenvalue weighted by Gasteiger charge is -2.19. The average molecular weight is 262 g/mol. The number of hydrogen-bond acceptors (Lipinski definition) is 4. The first kappa shape index (κ1) is 11.4. The third-order valence-corrected chi connectivity index (χ3v) is 3.88. The van der Waals surface area contributed by atoms with Crippen LogP contribution >= 0.6 is 11.3 Å². The number of imidazole rings is 1. The highest BCUT2D eigenvalue weighted by Crippen LogP contribution is 2.25. The van der Waals surface area contributed by atoms with E-state index in [-0.39, 0.29) is 11.8 Å². The number of thiazole rings is 1. The summed E-state index contributed by atoms with van der Waals surface area (Å²) in [6, 6.07) is 0. The van der Waals surface area contributed by atoms with E-state index in [1.165, 1.54) is 11.3 Å². The van der Waals surface area contributed by atoms with Gasteiger partial charge in [-0.1, -0.05) is 0 Å². The number of hydrogen-bond donors (Lipinski definition) is 2. The van der Waals surface area contributed by atoms with Gasteiger partial charge >= 0.3 is 0 Å². The standard InChI is InChI=1S/C12H14N4OS/c1-7-14-9-3-2-8(6-10(9)15-7)11(17)16-12-13-4-5-18-12/h4-5,8H,2-3,6H2,1H3,(H,14,15)(H,13,16,17). The van der Waals surface area contributed by atoms with E-state index < -0.39 is 0 Å². The number of nitrogens with zero attached hydrogens (tertiary/aromatic N) is 2. The summed E-state index contributed by atoms with van der Waals surface area (Å²) >= 11 is 1.44. The van der Waals surface area contributed by atoms with Gasteiger partial charge in [0.25, 0.3) is 0 Å². The summed E-state index contributed by atoms with van der Waals surface area (Å²) in [6.45, 7) is 1.95. The van der Waals surface area contributed by atoms with Gasteiger partial charge in [0, 0.05) is 29.6 Å². The maximum absolute atomic E-state index is 12.1. The third-order valence-electron chi connectivity index (χ3n) is 3.20. The van der Waals surface area contributed by atoms with Crippen molar-refractivity contribution in [3.05, 3.63) is 28.8 Å². The molecule has 5 nitrogen and oxygen atoms in total. The molecule has 0 saturated heterocycles. The second-order valence-corrected chi connectivity index (χ2v) is 5.41. The van der Waals surface area contributed by atoms with Crippen LogP contribution in [-0.2, 0) is 17.6 Å². The Morgan fingerprint density at radius 1 is 1.61 bits per heavy atom. The lowest BCUT2D eigenvalue weighted by atomic mass is 9.89. The van der Waals surface area contributed by atoms with Crippen molar-refractivity contribution < 1.29 is 4.79 Å². The largest absolute Gasteiger partial charge is 0.346 e. The summed E-state index contributed by atoms with van der Waals surface area (Å²) in [5.41, 5.74) is 2.23. The van der Waals surface area contributed by atoms with E-state index in [0.717, 1.165) is 36.5 Å². The van der Waals surface area contributed by atoms with Gasteiger partial charge in [0.1, 0.15) is 5.82 Å². The fourth-order valence-corrected chi connectivity index (χ4v) is 2.87. The maximum Gasteiger partial charge on any atom is 0.229 e. The van der Waals surface area contributed by atoms with Crippen molar-refractivity contribution in [1.82, 2.24) is 15.0 Å². The van der Waals surface area contributed by atoms with Crippen LogP contribution in [0.15, 0.2) is 11.6 Å². The number of H-pyrrole nitrogens is 1. The van der Waals surface area contributed by atoms with Crippen molar-refractivity contribution in [2.24, 2.45) is 5.92 Å². The molecule has 3 rings (SSSR count). The predicted octanol–water partition coefficient (Wildman–Crippen LogP) is 1.92. The number of carbonyl (C=O) groups is 1. The Bertz CT molecular complexity index is 561. The molecule has 0 aliphatic heterocycles. The lowest BCUT2D eigenvalue weighted by molar-refractivity contribution is -0.120. The molecule has 0 saturated carbocycles. The summed E-state index contributed by atoms with van der Waals surface area (Å²) in [4.78, 5) is 23.8. The van der Waals surface area contributed by atoms with Crippen molar-refractivity contribution in [2.45, 2.75) is 26.2 Å². The third kappa shape index (κ3) is 2.15. The average Bonchev–Trinajstić information content (AvgIpc) is 2.95. The molecule has 1 amide bonds. The van der Waals surface area contributed by atoms with E-state index in [1.807, 2.05) is 12.3 Å². The van der Waals surface area contributed by atoms with Crippen molar-refractivity contribution in [3.8, 4) is 0 Å². The molecule has 1 aliphatic rings. The minimum Gasteiger partial charge on any atom is -0.346 e. The first-order valence-corrected chi connectivity index (χ1v) is 6.85. The molecule has 18 heavy (non-hydrogen) atoms. The predicted molar refractivity (Wildman–Crippen MR) is 69.6 cm³/mol. The van der Waals surface area contributed by atoms with Crippen LogP contribution in [-0.4, -0.2) is 20.9 Å². The number of anilines is 1. The fraction of sp³-hybridized carbons (Fsp3) is 0.417. The molecule has 1 unspecified atom stereocenters. The quantitative estimate of drug-likeness (QED) is 0.868. The number of aryl methyl sites for hydroxylation is 2. The zero-order valence-corrected chi connectivity index (χ0v) is 10.9. The van der Waals surface area contributed by atoms with E-state index in [0.29, 0.717) is 5.13 Å². The molecule has 1 atom stereocenters. The molecule has 6 heteroatoms. The Morgan fingerprint density at radius 3 is 3.28 bits per heavy atom. The van der Waals surface area contributed by atoms with Crippen LogP contribution < -0.4 is 5.32 Å². The number of aromatic amines is 1. The molecule has 0 fully saturated rings. The van der Waals surface area contributed by atoms with Gasteiger partial charge in [-0.25, -0.2) is 9.97 Å². The number of carbonyl (C=O) groups excluding carboxylic acids is 1. The minimum absolute atomic E-state index is 0.0150. The van der Waals surface area contributed by atoms with Crippen LogP contribution in [0.25, 0.3) is 0 Å². The van der Waals surface area contributed by atoms with Gasteiger partial charge in [-0.2, -0.15) is 0 Å². The highest BCUT2D eigenvalue weighted by Gasteiger charge is 2.27. The summed E-state index contributed by atoms with van der Waals surface area (Å²) in [5.74, 6) is 1.00. The molecule has 0 radical (unpaired) electrons. The summed E-state index contributed by atoms with van der Waals surface area (Å²) in [5, 5.41) is 5.39. The highest BCUT2D eigenvalue weighted by molar-refractivity contribution is 7.13. The summed E-state index contributed by atoms with van der Waals surface area (Å²) in [7, 11) is 0. The van der Waals surface area contributed by atoms with E-state index in [2.05, 4.69) is 20.3 Å². The zero-order valence-electron chi connectivity index (χ0n) is 10.1. The Labute approximate surface area is 109 Å². The Morgan fingerprint density at radius 2 is 2.50 bits per heavy atom. The normalized spacial score (nSPS) is 18.4. The van der Waals surface area contributed by atoms with Gasteiger partial charge in [-0.05, 0) is 19.8 Å². The molecule has 94 valence electrons. The second-order valence-electron chi connectivity index (χ2n) is 4.51. The van der Waals surface area contributed by atoms with Crippen LogP contribution in [0, 0.1) is 12.8 Å². The SMILES string of the molecule is Cc1nc2c([nH]1)CC(C(=O)Nc1nccs1)CC2. The van der Waals surface area contributed by atoms with Crippen molar-refractivity contribution in [2.75, 3.05) is 5.32 Å². The molecule has 0 bridgehead atoms. The first-order chi connectivity index (χ1) is 8.72. The minimum atomic E-state index is 0.0150. The first-order valence-electron chi connectivity index (χ1n) is 5.97. The fourth-order valence-electron chi connectivity index (χ4n) is 2.34. The van der Waals surface area contributed by atoms with Crippen LogP contribution in [0.4, 0.5) is 5.13 Å². The van der Waals surface area contributed by atoms with Gasteiger partial charge < -0.3 is 10.3 Å². The van der Waals surface area contributed by atoms with Crippen molar-refractivity contribution >= 4 is 22.4 Å². The smallest absolute Gasteiger partial charge is 0.229 e. The molecule has 1 aliphatic carbocycles. The van der Waals surface area contributed by atoms with Crippen molar-refractivity contribution in [3.63, 3.8) is 0 Å². The molecule has 2 N–H and O–H groups in total. The topological polar surface area (TPSA) is 70.7 Å². The van der Waals surface area contributed by atoms with Crippen LogP contribution in [0.2, 0.25) is 0 Å². The number of aromatic nitrogens is 3. The van der Waals surface area contributed by atoms with Crippen molar-refractivity contribution in [1.29, 1.82) is 0 Å². The van der Waals surface area contributed by atoms with Crippen LogP contribution in [0.1, 0.15) is 23.6 Å². The molecule has 0 aromatic carbocycles. The number of amides is 1. The van der Waals surface area contributed by atoms with Gasteiger partial charge in [-0.15, -0.1) is 11.3 Å². The van der Waals surface area contributed by atoms with E-state index in [4.69, 9.17) is 0 Å². The Balaban J connectivity index is 1.70. The number of nitrogens with one attached hydrogen (secondary N) is 2. The van der Waals surface area contributed by atoms with Gasteiger partial charge in [0.15, 0.2) is 5.13 Å². The number of rotatable bonds is 2. The molecular weight excluding hydrogens is 248 g/mol. The second kappa shape index (κ2) is 4.53. The van der Waals surface area contributed by atoms with E-state index in [9.17, 15) is 4.79 Å². The Kier molecular flexibility index (Phi) is 2.87. The maximum atomic E-state index is 12.1. The lowest BCUT2D eigenvalue weighted by Crippen LogP contribution is -2.28. The van der Waals surface area contributed by atoms with Gasteiger partial charge in [0.05, 0.1) is 5.69 Å². The van der Waals surface area contributed by atoms with Gasteiger partial charge in [0.2, 0.25) is 5.91 Å². The Hall–Kier alpha value is -1.69. The van der Waals surface area contributed by atoms with Gasteiger partial charge in [-0.3, -0.25) is 4.79 Å². The molecule has 2 aromatic rings. The number of fused-ring (bicyclic) bond motifs is 1. The highest BCUT2D eigenvalue weighted by atomic mass is 32.1.